The first kappa shape index (κ1) is 22.3. The fourth-order valence-corrected chi connectivity index (χ4v) is 6.23. The Bertz CT molecular complexity index is 992. The van der Waals surface area contributed by atoms with E-state index in [-0.39, 0.29) is 16.7 Å². The molecule has 0 atom stereocenters. The van der Waals surface area contributed by atoms with E-state index in [0.717, 1.165) is 5.69 Å². The number of hydrogen-bond donors (Lipinski definition) is 1. The number of carbonyl (C=O) groups excluding carboxylic acids is 1. The van der Waals surface area contributed by atoms with Crippen LogP contribution in [-0.2, 0) is 14.8 Å². The van der Waals surface area contributed by atoms with Gasteiger partial charge < -0.3 is 5.32 Å². The second-order valence-electron chi connectivity index (χ2n) is 8.58. The molecular formula is C24H29ClN2O3S. The number of carbonyl (C=O) groups is 1. The molecule has 1 N–H and O–H groups in total. The van der Waals surface area contributed by atoms with Crippen molar-refractivity contribution in [3.8, 4) is 0 Å². The Balaban J connectivity index is 1.31. The molecule has 0 unspecified atom stereocenters. The van der Waals surface area contributed by atoms with E-state index in [4.69, 9.17) is 11.6 Å². The number of piperidine rings is 1. The Morgan fingerprint density at radius 2 is 1.48 bits per heavy atom. The summed E-state index contributed by atoms with van der Waals surface area (Å²) in [7, 11) is -3.56. The lowest BCUT2D eigenvalue weighted by Crippen LogP contribution is -2.41. The highest BCUT2D eigenvalue weighted by Gasteiger charge is 2.32. The second kappa shape index (κ2) is 9.72. The summed E-state index contributed by atoms with van der Waals surface area (Å²) in [6.45, 7) is 0.674. The summed E-state index contributed by atoms with van der Waals surface area (Å²) in [4.78, 5) is 13.0. The van der Waals surface area contributed by atoms with Crippen molar-refractivity contribution in [1.29, 1.82) is 0 Å². The lowest BCUT2D eigenvalue weighted by molar-refractivity contribution is -0.120. The number of hydrogen-bond acceptors (Lipinski definition) is 3. The molecule has 0 aromatic heterocycles. The van der Waals surface area contributed by atoms with E-state index in [0.29, 0.717) is 36.9 Å². The molecule has 1 aliphatic heterocycles. The zero-order chi connectivity index (χ0) is 21.8. The number of nitrogens with zero attached hydrogens (tertiary/aromatic N) is 1. The SMILES string of the molecule is O=C(Nc1ccc(C2CCCCC2)cc1)C1CCN(S(=O)(=O)c2ccc(Cl)cc2)CC1. The quantitative estimate of drug-likeness (QED) is 0.647. The number of nitrogens with one attached hydrogen (secondary N) is 1. The van der Waals surface area contributed by atoms with Gasteiger partial charge in [0.15, 0.2) is 0 Å². The van der Waals surface area contributed by atoms with E-state index in [2.05, 4.69) is 17.4 Å². The van der Waals surface area contributed by atoms with Crippen molar-refractivity contribution in [1.82, 2.24) is 4.31 Å². The molecule has 0 bridgehead atoms. The molecular weight excluding hydrogens is 432 g/mol. The Morgan fingerprint density at radius 3 is 2.10 bits per heavy atom. The predicted molar refractivity (Wildman–Crippen MR) is 124 cm³/mol. The maximum absolute atomic E-state index is 12.8. The number of benzene rings is 2. The Hall–Kier alpha value is -1.89. The van der Waals surface area contributed by atoms with Gasteiger partial charge in [-0.15, -0.1) is 0 Å². The summed E-state index contributed by atoms with van der Waals surface area (Å²) in [5.74, 6) is 0.425. The van der Waals surface area contributed by atoms with E-state index in [1.165, 1.54) is 54.1 Å². The van der Waals surface area contributed by atoms with Crippen LogP contribution >= 0.6 is 11.6 Å². The third-order valence-corrected chi connectivity index (χ3v) is 8.70. The molecule has 31 heavy (non-hydrogen) atoms. The lowest BCUT2D eigenvalue weighted by atomic mass is 9.84. The smallest absolute Gasteiger partial charge is 0.243 e. The van der Waals surface area contributed by atoms with Crippen molar-refractivity contribution < 1.29 is 13.2 Å². The number of amides is 1. The first-order valence-corrected chi connectivity index (χ1v) is 12.9. The molecule has 0 spiro atoms. The van der Waals surface area contributed by atoms with Crippen molar-refractivity contribution in [3.63, 3.8) is 0 Å². The molecule has 7 heteroatoms. The zero-order valence-electron chi connectivity index (χ0n) is 17.6. The number of halogens is 1. The molecule has 2 aliphatic rings. The van der Waals surface area contributed by atoms with Crippen LogP contribution in [-0.4, -0.2) is 31.7 Å². The fraction of sp³-hybridized carbons (Fsp3) is 0.458. The third kappa shape index (κ3) is 5.30. The monoisotopic (exact) mass is 460 g/mol. The van der Waals surface area contributed by atoms with Gasteiger partial charge in [0.25, 0.3) is 0 Å². The van der Waals surface area contributed by atoms with Crippen molar-refractivity contribution >= 4 is 33.2 Å². The minimum atomic E-state index is -3.56. The van der Waals surface area contributed by atoms with Crippen molar-refractivity contribution in [2.75, 3.05) is 18.4 Å². The average molecular weight is 461 g/mol. The van der Waals surface area contributed by atoms with Crippen LogP contribution in [0.25, 0.3) is 0 Å². The topological polar surface area (TPSA) is 66.5 Å². The maximum atomic E-state index is 12.8. The molecule has 2 aromatic rings. The number of rotatable bonds is 5. The van der Waals surface area contributed by atoms with E-state index in [9.17, 15) is 13.2 Å². The Kier molecular flexibility index (Phi) is 6.99. The highest BCUT2D eigenvalue weighted by atomic mass is 35.5. The summed E-state index contributed by atoms with van der Waals surface area (Å²) in [5, 5.41) is 3.51. The fourth-order valence-electron chi connectivity index (χ4n) is 4.63. The number of sulfonamides is 1. The third-order valence-electron chi connectivity index (χ3n) is 6.53. The molecule has 1 amide bonds. The van der Waals surface area contributed by atoms with Gasteiger partial charge >= 0.3 is 0 Å². The van der Waals surface area contributed by atoms with Gasteiger partial charge in [-0.1, -0.05) is 43.0 Å². The van der Waals surface area contributed by atoms with Crippen LogP contribution in [0.5, 0.6) is 0 Å². The van der Waals surface area contributed by atoms with Crippen molar-refractivity contribution in [3.05, 3.63) is 59.1 Å². The molecule has 5 nitrogen and oxygen atoms in total. The average Bonchev–Trinajstić information content (AvgIpc) is 2.80. The van der Waals surface area contributed by atoms with Crippen LogP contribution < -0.4 is 5.32 Å². The maximum Gasteiger partial charge on any atom is 0.243 e. The largest absolute Gasteiger partial charge is 0.326 e. The second-order valence-corrected chi connectivity index (χ2v) is 11.0. The summed E-state index contributed by atoms with van der Waals surface area (Å²) < 4.78 is 27.1. The molecule has 166 valence electrons. The van der Waals surface area contributed by atoms with Crippen LogP contribution in [0.3, 0.4) is 0 Å². The Labute approximate surface area is 189 Å². The molecule has 1 heterocycles. The van der Waals surface area contributed by atoms with E-state index >= 15 is 0 Å². The zero-order valence-corrected chi connectivity index (χ0v) is 19.2. The van der Waals surface area contributed by atoms with Gasteiger partial charge in [0.1, 0.15) is 0 Å². The lowest BCUT2D eigenvalue weighted by Gasteiger charge is -2.30. The van der Waals surface area contributed by atoms with Crippen molar-refractivity contribution in [2.45, 2.75) is 55.8 Å². The first-order valence-electron chi connectivity index (χ1n) is 11.1. The predicted octanol–water partition coefficient (Wildman–Crippen LogP) is 5.43. The highest BCUT2D eigenvalue weighted by molar-refractivity contribution is 7.89. The van der Waals surface area contributed by atoms with Crippen LogP contribution in [0.4, 0.5) is 5.69 Å². The highest BCUT2D eigenvalue weighted by Crippen LogP contribution is 2.33. The minimum absolute atomic E-state index is 0.0334. The van der Waals surface area contributed by atoms with Gasteiger partial charge in [-0.25, -0.2) is 8.42 Å². The first-order chi connectivity index (χ1) is 14.9. The van der Waals surface area contributed by atoms with Gasteiger partial charge in [-0.2, -0.15) is 4.31 Å². The summed E-state index contributed by atoms with van der Waals surface area (Å²) in [6.07, 6.45) is 7.47. The minimum Gasteiger partial charge on any atom is -0.326 e. The molecule has 1 saturated heterocycles. The van der Waals surface area contributed by atoms with Crippen LogP contribution in [0.2, 0.25) is 5.02 Å². The summed E-state index contributed by atoms with van der Waals surface area (Å²) in [6, 6.07) is 14.4. The molecule has 0 radical (unpaired) electrons. The van der Waals surface area contributed by atoms with Gasteiger partial charge in [0.05, 0.1) is 4.90 Å². The molecule has 1 aliphatic carbocycles. The van der Waals surface area contributed by atoms with Gasteiger partial charge in [-0.3, -0.25) is 4.79 Å². The van der Waals surface area contributed by atoms with Gasteiger partial charge in [0.2, 0.25) is 15.9 Å². The van der Waals surface area contributed by atoms with Crippen LogP contribution in [0.15, 0.2) is 53.4 Å². The standard InChI is InChI=1S/C24H29ClN2O3S/c25-21-8-12-23(13-9-21)31(29,30)27-16-14-20(15-17-27)24(28)26-22-10-6-19(7-11-22)18-4-2-1-3-5-18/h6-13,18,20H,1-5,14-17H2,(H,26,28). The molecule has 4 rings (SSSR count). The van der Waals surface area contributed by atoms with E-state index in [1.54, 1.807) is 12.1 Å². The molecule has 2 aromatic carbocycles. The Morgan fingerprint density at radius 1 is 0.871 bits per heavy atom. The molecule has 2 fully saturated rings. The van der Waals surface area contributed by atoms with Crippen LogP contribution in [0.1, 0.15) is 56.4 Å². The van der Waals surface area contributed by atoms with Gasteiger partial charge in [-0.05, 0) is 73.6 Å². The van der Waals surface area contributed by atoms with Gasteiger partial charge in [0, 0.05) is 29.7 Å². The molecule has 1 saturated carbocycles. The summed E-state index contributed by atoms with van der Waals surface area (Å²) >= 11 is 5.86. The summed E-state index contributed by atoms with van der Waals surface area (Å²) in [5.41, 5.74) is 2.17. The normalized spacial score (nSPS) is 19.3. The number of anilines is 1. The van der Waals surface area contributed by atoms with Crippen molar-refractivity contribution in [2.24, 2.45) is 5.92 Å². The van der Waals surface area contributed by atoms with E-state index < -0.39 is 10.0 Å². The van der Waals surface area contributed by atoms with Crippen LogP contribution in [0, 0.1) is 5.92 Å². The van der Waals surface area contributed by atoms with E-state index in [1.807, 2.05) is 12.1 Å².